The number of nitrogens with one attached hydrogen (secondary N) is 1. The standard InChI is InChI=1S/C25H32ClN3O/c1-19-6-4-9-22(16-19)29-14-12-28(13-15-29)11-3-2-10-27-25(30)24-18-23(24)20-7-5-8-21(26)17-20/h4-9,16-17,23-24H,2-3,10-15,18H2,1H3,(H,27,30). The summed E-state index contributed by atoms with van der Waals surface area (Å²) in [5, 5.41) is 3.88. The number of carbonyl (C=O) groups is 1. The summed E-state index contributed by atoms with van der Waals surface area (Å²) < 4.78 is 0. The molecular weight excluding hydrogens is 394 g/mol. The van der Waals surface area contributed by atoms with Gasteiger partial charge in [-0.05, 0) is 74.0 Å². The van der Waals surface area contributed by atoms with Crippen LogP contribution in [0.2, 0.25) is 5.02 Å². The van der Waals surface area contributed by atoms with Crippen LogP contribution in [-0.2, 0) is 4.79 Å². The molecule has 1 amide bonds. The number of hydrogen-bond donors (Lipinski definition) is 1. The zero-order valence-corrected chi connectivity index (χ0v) is 18.6. The molecule has 160 valence electrons. The van der Waals surface area contributed by atoms with Gasteiger partial charge in [0.15, 0.2) is 0 Å². The molecule has 2 unspecified atom stereocenters. The summed E-state index contributed by atoms with van der Waals surface area (Å²) in [6.45, 7) is 8.46. The second-order valence-electron chi connectivity index (χ2n) is 8.67. The van der Waals surface area contributed by atoms with Gasteiger partial charge in [0.25, 0.3) is 0 Å². The first-order valence-corrected chi connectivity index (χ1v) is 11.5. The first kappa shape index (κ1) is 21.2. The van der Waals surface area contributed by atoms with Crippen LogP contribution in [0.3, 0.4) is 0 Å². The number of benzene rings is 2. The van der Waals surface area contributed by atoms with Gasteiger partial charge < -0.3 is 10.2 Å². The minimum absolute atomic E-state index is 0.123. The third kappa shape index (κ3) is 5.55. The van der Waals surface area contributed by atoms with Gasteiger partial charge in [-0.15, -0.1) is 0 Å². The summed E-state index contributed by atoms with van der Waals surface area (Å²) in [5.41, 5.74) is 3.85. The highest BCUT2D eigenvalue weighted by Gasteiger charge is 2.43. The highest BCUT2D eigenvalue weighted by Crippen LogP contribution is 2.47. The van der Waals surface area contributed by atoms with Crippen LogP contribution in [0.1, 0.15) is 36.3 Å². The molecule has 1 heterocycles. The van der Waals surface area contributed by atoms with Crippen LogP contribution in [0, 0.1) is 12.8 Å². The highest BCUT2D eigenvalue weighted by atomic mass is 35.5. The van der Waals surface area contributed by atoms with Crippen molar-refractivity contribution in [1.29, 1.82) is 0 Å². The first-order chi connectivity index (χ1) is 14.6. The second-order valence-corrected chi connectivity index (χ2v) is 9.11. The Morgan fingerprint density at radius 2 is 1.87 bits per heavy atom. The van der Waals surface area contributed by atoms with Gasteiger partial charge in [-0.1, -0.05) is 35.9 Å². The molecule has 1 saturated carbocycles. The van der Waals surface area contributed by atoms with Gasteiger partial charge in [0, 0.05) is 49.4 Å². The third-order valence-electron chi connectivity index (χ3n) is 6.34. The molecule has 2 aromatic carbocycles. The first-order valence-electron chi connectivity index (χ1n) is 11.2. The molecule has 0 bridgehead atoms. The summed E-state index contributed by atoms with van der Waals surface area (Å²) in [6.07, 6.45) is 3.11. The van der Waals surface area contributed by atoms with Gasteiger partial charge in [-0.25, -0.2) is 0 Å². The SMILES string of the molecule is Cc1cccc(N2CCN(CCCCNC(=O)C3CC3c3cccc(Cl)c3)CC2)c1. The van der Waals surface area contributed by atoms with Crippen molar-refractivity contribution in [2.75, 3.05) is 44.2 Å². The zero-order valence-electron chi connectivity index (χ0n) is 17.8. The molecule has 2 aromatic rings. The van der Waals surface area contributed by atoms with Gasteiger partial charge in [0.1, 0.15) is 0 Å². The molecule has 0 radical (unpaired) electrons. The number of carbonyl (C=O) groups excluding carboxylic acids is 1. The van der Waals surface area contributed by atoms with Crippen molar-refractivity contribution >= 4 is 23.2 Å². The molecule has 1 aliphatic carbocycles. The molecule has 30 heavy (non-hydrogen) atoms. The average molecular weight is 426 g/mol. The number of unbranched alkanes of at least 4 members (excludes halogenated alkanes) is 1. The summed E-state index contributed by atoms with van der Waals surface area (Å²) in [5.74, 6) is 0.665. The Labute approximate surface area is 185 Å². The van der Waals surface area contributed by atoms with E-state index in [1.54, 1.807) is 0 Å². The van der Waals surface area contributed by atoms with Gasteiger partial charge in [-0.2, -0.15) is 0 Å². The molecule has 4 nitrogen and oxygen atoms in total. The largest absolute Gasteiger partial charge is 0.369 e. The predicted octanol–water partition coefficient (Wildman–Crippen LogP) is 4.47. The van der Waals surface area contributed by atoms with E-state index in [0.717, 1.165) is 63.6 Å². The van der Waals surface area contributed by atoms with Gasteiger partial charge in [-0.3, -0.25) is 9.69 Å². The summed E-state index contributed by atoms with van der Waals surface area (Å²) in [6, 6.07) is 16.7. The van der Waals surface area contributed by atoms with Crippen molar-refractivity contribution in [1.82, 2.24) is 10.2 Å². The smallest absolute Gasteiger partial charge is 0.223 e. The molecule has 1 saturated heterocycles. The van der Waals surface area contributed by atoms with Crippen LogP contribution < -0.4 is 10.2 Å². The molecule has 4 rings (SSSR count). The molecule has 5 heteroatoms. The third-order valence-corrected chi connectivity index (χ3v) is 6.58. The van der Waals surface area contributed by atoms with Crippen LogP contribution in [0.25, 0.3) is 0 Å². The number of hydrogen-bond acceptors (Lipinski definition) is 3. The molecule has 2 fully saturated rings. The van der Waals surface area contributed by atoms with E-state index in [0.29, 0.717) is 5.92 Å². The molecule has 1 N–H and O–H groups in total. The Morgan fingerprint density at radius 3 is 2.63 bits per heavy atom. The topological polar surface area (TPSA) is 35.6 Å². The van der Waals surface area contributed by atoms with E-state index in [1.807, 2.05) is 18.2 Å². The lowest BCUT2D eigenvalue weighted by Gasteiger charge is -2.36. The molecule has 0 spiro atoms. The van der Waals surface area contributed by atoms with Gasteiger partial charge in [0.2, 0.25) is 5.91 Å². The van der Waals surface area contributed by atoms with Crippen LogP contribution >= 0.6 is 11.6 Å². The maximum absolute atomic E-state index is 12.4. The fourth-order valence-electron chi connectivity index (χ4n) is 4.45. The predicted molar refractivity (Wildman–Crippen MR) is 124 cm³/mol. The average Bonchev–Trinajstić information content (AvgIpc) is 3.55. The van der Waals surface area contributed by atoms with E-state index in [2.05, 4.69) is 52.4 Å². The van der Waals surface area contributed by atoms with E-state index in [9.17, 15) is 4.79 Å². The second kappa shape index (κ2) is 9.84. The number of piperazine rings is 1. The molecule has 2 aliphatic rings. The fourth-order valence-corrected chi connectivity index (χ4v) is 4.65. The Balaban J connectivity index is 1.09. The normalized spacial score (nSPS) is 21.5. The number of amides is 1. The Morgan fingerprint density at radius 1 is 1.07 bits per heavy atom. The van der Waals surface area contributed by atoms with E-state index in [-0.39, 0.29) is 11.8 Å². The van der Waals surface area contributed by atoms with E-state index in [1.165, 1.54) is 16.8 Å². The van der Waals surface area contributed by atoms with Crippen molar-refractivity contribution in [2.45, 2.75) is 32.1 Å². The molecule has 1 aliphatic heterocycles. The number of anilines is 1. The quantitative estimate of drug-likeness (QED) is 0.634. The maximum Gasteiger partial charge on any atom is 0.223 e. The number of aryl methyl sites for hydroxylation is 1. The van der Waals surface area contributed by atoms with Gasteiger partial charge in [0.05, 0.1) is 0 Å². The van der Waals surface area contributed by atoms with Gasteiger partial charge >= 0.3 is 0 Å². The Hall–Kier alpha value is -2.04. The zero-order chi connectivity index (χ0) is 20.9. The van der Waals surface area contributed by atoms with E-state index < -0.39 is 0 Å². The van der Waals surface area contributed by atoms with E-state index in [4.69, 9.17) is 11.6 Å². The van der Waals surface area contributed by atoms with Crippen molar-refractivity contribution in [3.8, 4) is 0 Å². The summed E-state index contributed by atoms with van der Waals surface area (Å²) in [7, 11) is 0. The lowest BCUT2D eigenvalue weighted by atomic mass is 10.1. The minimum atomic E-state index is 0.123. The molecule has 0 aromatic heterocycles. The summed E-state index contributed by atoms with van der Waals surface area (Å²) in [4.78, 5) is 17.4. The summed E-state index contributed by atoms with van der Waals surface area (Å²) >= 11 is 6.06. The van der Waals surface area contributed by atoms with Crippen LogP contribution in [0.15, 0.2) is 48.5 Å². The minimum Gasteiger partial charge on any atom is -0.369 e. The highest BCUT2D eigenvalue weighted by molar-refractivity contribution is 6.30. The Kier molecular flexibility index (Phi) is 6.96. The van der Waals surface area contributed by atoms with Crippen LogP contribution in [0.4, 0.5) is 5.69 Å². The van der Waals surface area contributed by atoms with Crippen LogP contribution in [-0.4, -0.2) is 50.1 Å². The lowest BCUT2D eigenvalue weighted by molar-refractivity contribution is -0.122. The van der Waals surface area contributed by atoms with Crippen molar-refractivity contribution in [3.05, 3.63) is 64.7 Å². The Bertz CT molecular complexity index is 863. The van der Waals surface area contributed by atoms with Crippen molar-refractivity contribution < 1.29 is 4.79 Å². The van der Waals surface area contributed by atoms with Crippen LogP contribution in [0.5, 0.6) is 0 Å². The number of halogens is 1. The number of rotatable bonds is 8. The number of nitrogens with zero attached hydrogens (tertiary/aromatic N) is 2. The maximum atomic E-state index is 12.4. The van der Waals surface area contributed by atoms with Crippen molar-refractivity contribution in [3.63, 3.8) is 0 Å². The lowest BCUT2D eigenvalue weighted by Crippen LogP contribution is -2.46. The molecule has 2 atom stereocenters. The van der Waals surface area contributed by atoms with E-state index >= 15 is 0 Å². The molecular formula is C25H32ClN3O. The fraction of sp³-hybridized carbons (Fsp3) is 0.480. The van der Waals surface area contributed by atoms with Crippen molar-refractivity contribution in [2.24, 2.45) is 5.92 Å². The monoisotopic (exact) mass is 425 g/mol.